The lowest BCUT2D eigenvalue weighted by Gasteiger charge is -2.14. The molecule has 8 heteroatoms. The minimum Gasteiger partial charge on any atom is -0.493 e. The Labute approximate surface area is 212 Å². The van der Waals surface area contributed by atoms with Crippen LogP contribution in [0.3, 0.4) is 0 Å². The number of nitriles is 1. The van der Waals surface area contributed by atoms with E-state index in [0.29, 0.717) is 29.8 Å². The number of H-pyrrole nitrogens is 1. The topological polar surface area (TPSA) is 87.1 Å². The van der Waals surface area contributed by atoms with Crippen molar-refractivity contribution in [1.29, 1.82) is 5.26 Å². The second kappa shape index (κ2) is 11.4. The number of nitrogens with zero attached hydrogens (tertiary/aromatic N) is 1. The van der Waals surface area contributed by atoms with E-state index >= 15 is 0 Å². The average Bonchev–Trinajstić information content (AvgIpc) is 3.30. The third-order valence-corrected chi connectivity index (χ3v) is 5.89. The standard InChI is InChI=1S/C28H23ClFN3O3/c1-35-26-14-18(13-23(29)27(26)36-17-20-6-2-4-8-24(20)30)12-21(15-31)28(34)32-11-10-19-16-33-25-9-5-3-7-22(19)25/h2-9,12-14,16,33H,10-11,17H2,1H3,(H,32,34)/b21-12+. The molecule has 0 bridgehead atoms. The van der Waals surface area contributed by atoms with Crippen LogP contribution in [0.2, 0.25) is 5.02 Å². The van der Waals surface area contributed by atoms with E-state index in [9.17, 15) is 14.4 Å². The maximum absolute atomic E-state index is 13.9. The molecule has 0 unspecified atom stereocenters. The van der Waals surface area contributed by atoms with Gasteiger partial charge in [-0.1, -0.05) is 48.0 Å². The second-order valence-corrected chi connectivity index (χ2v) is 8.36. The Kier molecular flexibility index (Phi) is 7.89. The zero-order chi connectivity index (χ0) is 25.5. The molecule has 182 valence electrons. The highest BCUT2D eigenvalue weighted by Crippen LogP contribution is 2.37. The monoisotopic (exact) mass is 503 g/mol. The molecule has 4 aromatic rings. The Morgan fingerprint density at radius 2 is 1.94 bits per heavy atom. The minimum absolute atomic E-state index is 0.0414. The number of nitrogens with one attached hydrogen (secondary N) is 2. The van der Waals surface area contributed by atoms with E-state index in [0.717, 1.165) is 16.5 Å². The summed E-state index contributed by atoms with van der Waals surface area (Å²) in [5, 5.41) is 13.6. The van der Waals surface area contributed by atoms with E-state index < -0.39 is 5.91 Å². The van der Waals surface area contributed by atoms with Gasteiger partial charge < -0.3 is 19.8 Å². The van der Waals surface area contributed by atoms with Gasteiger partial charge in [-0.05, 0) is 47.9 Å². The molecule has 3 aromatic carbocycles. The van der Waals surface area contributed by atoms with Crippen molar-refractivity contribution in [3.05, 3.63) is 100.0 Å². The smallest absolute Gasteiger partial charge is 0.261 e. The lowest BCUT2D eigenvalue weighted by Crippen LogP contribution is -2.26. The molecule has 0 aliphatic rings. The van der Waals surface area contributed by atoms with Gasteiger partial charge in [0.05, 0.1) is 12.1 Å². The normalized spacial score (nSPS) is 11.2. The van der Waals surface area contributed by atoms with Gasteiger partial charge in [0, 0.05) is 29.2 Å². The number of hydrogen-bond acceptors (Lipinski definition) is 4. The third-order valence-electron chi connectivity index (χ3n) is 5.61. The number of halogens is 2. The van der Waals surface area contributed by atoms with Crippen LogP contribution in [0, 0.1) is 17.1 Å². The minimum atomic E-state index is -0.493. The molecule has 0 aliphatic heterocycles. The van der Waals surface area contributed by atoms with Crippen molar-refractivity contribution < 1.29 is 18.7 Å². The molecule has 0 atom stereocenters. The van der Waals surface area contributed by atoms with Gasteiger partial charge in [0.25, 0.3) is 5.91 Å². The van der Waals surface area contributed by atoms with Gasteiger partial charge in [0.1, 0.15) is 24.1 Å². The number of benzene rings is 3. The van der Waals surface area contributed by atoms with Crippen LogP contribution in [0.1, 0.15) is 16.7 Å². The zero-order valence-electron chi connectivity index (χ0n) is 19.5. The molecule has 0 spiro atoms. The Bertz CT molecular complexity index is 1470. The van der Waals surface area contributed by atoms with Crippen LogP contribution in [-0.4, -0.2) is 24.5 Å². The van der Waals surface area contributed by atoms with Gasteiger partial charge >= 0.3 is 0 Å². The molecule has 1 aromatic heterocycles. The van der Waals surface area contributed by atoms with Crippen molar-refractivity contribution in [2.24, 2.45) is 0 Å². The summed E-state index contributed by atoms with van der Waals surface area (Å²) in [6.07, 6.45) is 3.96. The van der Waals surface area contributed by atoms with Crippen LogP contribution in [0.5, 0.6) is 11.5 Å². The van der Waals surface area contributed by atoms with Gasteiger partial charge in [-0.3, -0.25) is 4.79 Å². The maximum atomic E-state index is 13.9. The van der Waals surface area contributed by atoms with Crippen molar-refractivity contribution in [2.45, 2.75) is 13.0 Å². The summed E-state index contributed by atoms with van der Waals surface area (Å²) in [6.45, 7) is 0.326. The van der Waals surface area contributed by atoms with Crippen LogP contribution >= 0.6 is 11.6 Å². The van der Waals surface area contributed by atoms with Crippen molar-refractivity contribution in [2.75, 3.05) is 13.7 Å². The highest BCUT2D eigenvalue weighted by Gasteiger charge is 2.15. The average molecular weight is 504 g/mol. The fourth-order valence-electron chi connectivity index (χ4n) is 3.79. The maximum Gasteiger partial charge on any atom is 0.261 e. The number of aromatic nitrogens is 1. The highest BCUT2D eigenvalue weighted by atomic mass is 35.5. The number of fused-ring (bicyclic) bond motifs is 1. The summed E-state index contributed by atoms with van der Waals surface area (Å²) in [6, 6.07) is 19.3. The van der Waals surface area contributed by atoms with E-state index in [4.69, 9.17) is 21.1 Å². The summed E-state index contributed by atoms with van der Waals surface area (Å²) in [5.74, 6) is -0.350. The molecule has 4 rings (SSSR count). The van der Waals surface area contributed by atoms with Crippen LogP contribution < -0.4 is 14.8 Å². The summed E-state index contributed by atoms with van der Waals surface area (Å²) in [7, 11) is 1.44. The second-order valence-electron chi connectivity index (χ2n) is 7.95. The molecule has 0 aliphatic carbocycles. The number of carbonyl (C=O) groups excluding carboxylic acids is 1. The highest BCUT2D eigenvalue weighted by molar-refractivity contribution is 6.32. The van der Waals surface area contributed by atoms with Crippen molar-refractivity contribution >= 4 is 34.5 Å². The summed E-state index contributed by atoms with van der Waals surface area (Å²) in [5.41, 5.74) is 2.89. The molecular weight excluding hydrogens is 481 g/mol. The number of methoxy groups -OCH3 is 1. The first kappa shape index (κ1) is 24.8. The number of aromatic amines is 1. The quantitative estimate of drug-likeness (QED) is 0.223. The Morgan fingerprint density at radius 3 is 2.72 bits per heavy atom. The fraction of sp³-hybridized carbons (Fsp3) is 0.143. The van der Waals surface area contributed by atoms with Gasteiger partial charge in [0.15, 0.2) is 11.5 Å². The Hall–Kier alpha value is -4.28. The zero-order valence-corrected chi connectivity index (χ0v) is 20.2. The first-order chi connectivity index (χ1) is 17.5. The molecule has 0 saturated carbocycles. The predicted octanol–water partition coefficient (Wildman–Crippen LogP) is 5.81. The van der Waals surface area contributed by atoms with E-state index in [1.54, 1.807) is 30.3 Å². The Balaban J connectivity index is 1.44. The molecule has 0 radical (unpaired) electrons. The van der Waals surface area contributed by atoms with Crippen molar-refractivity contribution in [3.8, 4) is 17.6 Å². The first-order valence-corrected chi connectivity index (χ1v) is 11.6. The molecule has 36 heavy (non-hydrogen) atoms. The van der Waals surface area contributed by atoms with Gasteiger partial charge in [-0.15, -0.1) is 0 Å². The van der Waals surface area contributed by atoms with Crippen LogP contribution in [0.4, 0.5) is 4.39 Å². The number of hydrogen-bond donors (Lipinski definition) is 2. The van der Waals surface area contributed by atoms with Crippen LogP contribution in [0.25, 0.3) is 17.0 Å². The fourth-order valence-corrected chi connectivity index (χ4v) is 4.06. The molecule has 0 saturated heterocycles. The summed E-state index contributed by atoms with van der Waals surface area (Å²) in [4.78, 5) is 15.8. The lowest BCUT2D eigenvalue weighted by molar-refractivity contribution is -0.117. The largest absolute Gasteiger partial charge is 0.493 e. The first-order valence-electron chi connectivity index (χ1n) is 11.2. The van der Waals surface area contributed by atoms with E-state index in [1.807, 2.05) is 36.5 Å². The molecule has 1 heterocycles. The molecule has 1 amide bonds. The number of carbonyl (C=O) groups is 1. The van der Waals surface area contributed by atoms with E-state index in [2.05, 4.69) is 10.3 Å². The number of amides is 1. The summed E-state index contributed by atoms with van der Waals surface area (Å²) < 4.78 is 25.0. The predicted molar refractivity (Wildman–Crippen MR) is 137 cm³/mol. The van der Waals surface area contributed by atoms with Crippen molar-refractivity contribution in [1.82, 2.24) is 10.3 Å². The number of para-hydroxylation sites is 1. The summed E-state index contributed by atoms with van der Waals surface area (Å²) >= 11 is 6.40. The Morgan fingerprint density at radius 1 is 1.17 bits per heavy atom. The lowest BCUT2D eigenvalue weighted by atomic mass is 10.1. The number of rotatable bonds is 9. The van der Waals surface area contributed by atoms with Gasteiger partial charge in [-0.25, -0.2) is 4.39 Å². The molecular formula is C28H23ClFN3O3. The van der Waals surface area contributed by atoms with Crippen LogP contribution in [0.15, 0.2) is 72.4 Å². The third kappa shape index (κ3) is 5.68. The number of ether oxygens (including phenoxy) is 2. The van der Waals surface area contributed by atoms with Crippen LogP contribution in [-0.2, 0) is 17.8 Å². The SMILES string of the molecule is COc1cc(/C=C(\C#N)C(=O)NCCc2c[nH]c3ccccc23)cc(Cl)c1OCc1ccccc1F. The van der Waals surface area contributed by atoms with E-state index in [1.165, 1.54) is 19.3 Å². The van der Waals surface area contributed by atoms with Crippen molar-refractivity contribution in [3.63, 3.8) is 0 Å². The molecule has 2 N–H and O–H groups in total. The van der Waals surface area contributed by atoms with E-state index in [-0.39, 0.29) is 28.8 Å². The molecule has 6 nitrogen and oxygen atoms in total. The molecule has 0 fully saturated rings. The van der Waals surface area contributed by atoms with Gasteiger partial charge in [0.2, 0.25) is 0 Å². The van der Waals surface area contributed by atoms with Gasteiger partial charge in [-0.2, -0.15) is 5.26 Å².